The van der Waals surface area contributed by atoms with Crippen LogP contribution in [0.1, 0.15) is 24.5 Å². The van der Waals surface area contributed by atoms with Gasteiger partial charge >= 0.3 is 5.97 Å². The Kier molecular flexibility index (Phi) is 5.58. The van der Waals surface area contributed by atoms with E-state index in [1.165, 1.54) is 12.1 Å². The number of amides is 1. The number of nitrogens with one attached hydrogen (secondary N) is 1. The van der Waals surface area contributed by atoms with Gasteiger partial charge in [0.1, 0.15) is 11.3 Å². The molecule has 5 nitrogen and oxygen atoms in total. The van der Waals surface area contributed by atoms with Crippen molar-refractivity contribution in [2.45, 2.75) is 31.7 Å². The Bertz CT molecular complexity index is 697. The molecule has 0 aromatic heterocycles. The average Bonchev–Trinajstić information content (AvgIpc) is 2.57. The largest absolute Gasteiger partial charge is 0.508 e. The van der Waals surface area contributed by atoms with Crippen LogP contribution in [0.4, 0.5) is 0 Å². The average molecular weight is 327 g/mol. The van der Waals surface area contributed by atoms with Crippen LogP contribution in [0.15, 0.2) is 54.6 Å². The first-order valence-electron chi connectivity index (χ1n) is 7.81. The summed E-state index contributed by atoms with van der Waals surface area (Å²) in [6.07, 6.45) is 0.537. The topological polar surface area (TPSA) is 86.6 Å². The molecule has 0 unspecified atom stereocenters. The number of hydrogen-bond acceptors (Lipinski definition) is 3. The van der Waals surface area contributed by atoms with Crippen LogP contribution in [0.5, 0.6) is 5.75 Å². The molecular weight excluding hydrogens is 306 g/mol. The molecule has 0 aliphatic rings. The zero-order valence-corrected chi connectivity index (χ0v) is 13.5. The number of phenols is 1. The predicted octanol–water partition coefficient (Wildman–Crippen LogP) is 2.53. The number of aliphatic carboxylic acids is 1. The van der Waals surface area contributed by atoms with E-state index >= 15 is 0 Å². The van der Waals surface area contributed by atoms with E-state index in [0.717, 1.165) is 11.1 Å². The number of rotatable bonds is 7. The van der Waals surface area contributed by atoms with Crippen molar-refractivity contribution in [2.24, 2.45) is 0 Å². The summed E-state index contributed by atoms with van der Waals surface area (Å²) in [5.74, 6) is -1.28. The lowest BCUT2D eigenvalue weighted by Crippen LogP contribution is -2.56. The maximum atomic E-state index is 12.3. The van der Waals surface area contributed by atoms with Gasteiger partial charge in [-0.1, -0.05) is 49.4 Å². The normalized spacial score (nSPS) is 13.0. The quantitative estimate of drug-likeness (QED) is 0.729. The van der Waals surface area contributed by atoms with Crippen molar-refractivity contribution in [2.75, 3.05) is 0 Å². The molecule has 3 N–H and O–H groups in total. The van der Waals surface area contributed by atoms with E-state index in [1.807, 2.05) is 30.3 Å². The molecule has 0 radical (unpaired) electrons. The molecule has 0 bridgehead atoms. The number of carbonyl (C=O) groups is 2. The Labute approximate surface area is 141 Å². The van der Waals surface area contributed by atoms with Gasteiger partial charge in [-0.3, -0.25) is 4.79 Å². The summed E-state index contributed by atoms with van der Waals surface area (Å²) in [4.78, 5) is 24.2. The molecule has 126 valence electrons. The molecule has 0 heterocycles. The first-order chi connectivity index (χ1) is 11.4. The standard InChI is InChI=1S/C19H21NO4/c1-2-19(18(23)24,13-15-8-10-16(21)11-9-15)20-17(22)12-14-6-4-3-5-7-14/h3-11,21H,2,12-13H2,1H3,(H,20,22)(H,23,24)/t19-/m0/s1. The number of aromatic hydroxyl groups is 1. The Morgan fingerprint density at radius 3 is 2.17 bits per heavy atom. The molecular formula is C19H21NO4. The number of carbonyl (C=O) groups excluding carboxylic acids is 1. The van der Waals surface area contributed by atoms with E-state index in [9.17, 15) is 19.8 Å². The number of hydrogen-bond donors (Lipinski definition) is 3. The van der Waals surface area contributed by atoms with Gasteiger partial charge in [0, 0.05) is 6.42 Å². The first kappa shape index (κ1) is 17.5. The van der Waals surface area contributed by atoms with Crippen LogP contribution in [0.3, 0.4) is 0 Å². The van der Waals surface area contributed by atoms with Gasteiger partial charge < -0.3 is 15.5 Å². The van der Waals surface area contributed by atoms with E-state index in [-0.39, 0.29) is 30.9 Å². The van der Waals surface area contributed by atoms with Crippen molar-refractivity contribution < 1.29 is 19.8 Å². The van der Waals surface area contributed by atoms with Crippen LogP contribution in [0.25, 0.3) is 0 Å². The third-order valence-electron chi connectivity index (χ3n) is 4.04. The lowest BCUT2D eigenvalue weighted by Gasteiger charge is -2.29. The SMILES string of the molecule is CC[C@@](Cc1ccc(O)cc1)(NC(=O)Cc1ccccc1)C(=O)O. The van der Waals surface area contributed by atoms with Gasteiger partial charge in [-0.25, -0.2) is 4.79 Å². The van der Waals surface area contributed by atoms with Crippen molar-refractivity contribution >= 4 is 11.9 Å². The monoisotopic (exact) mass is 327 g/mol. The highest BCUT2D eigenvalue weighted by atomic mass is 16.4. The molecule has 24 heavy (non-hydrogen) atoms. The van der Waals surface area contributed by atoms with Crippen LogP contribution < -0.4 is 5.32 Å². The molecule has 0 spiro atoms. The first-order valence-corrected chi connectivity index (χ1v) is 7.81. The second-order valence-electron chi connectivity index (χ2n) is 5.79. The molecule has 0 aliphatic heterocycles. The molecule has 2 aromatic rings. The number of carboxylic acids is 1. The summed E-state index contributed by atoms with van der Waals surface area (Å²) in [6.45, 7) is 1.73. The van der Waals surface area contributed by atoms with Crippen LogP contribution in [-0.4, -0.2) is 27.6 Å². The predicted molar refractivity (Wildman–Crippen MR) is 90.8 cm³/mol. The second kappa shape index (κ2) is 7.64. The summed E-state index contributed by atoms with van der Waals surface area (Å²) in [5.41, 5.74) is 0.190. The number of benzene rings is 2. The fourth-order valence-corrected chi connectivity index (χ4v) is 2.59. The summed E-state index contributed by atoms with van der Waals surface area (Å²) in [7, 11) is 0. The van der Waals surface area contributed by atoms with E-state index in [2.05, 4.69) is 5.32 Å². The smallest absolute Gasteiger partial charge is 0.329 e. The van der Waals surface area contributed by atoms with E-state index < -0.39 is 11.5 Å². The number of carboxylic acid groups (broad SMARTS) is 1. The molecule has 1 amide bonds. The minimum Gasteiger partial charge on any atom is -0.508 e. The van der Waals surface area contributed by atoms with E-state index in [4.69, 9.17) is 0 Å². The Morgan fingerprint density at radius 2 is 1.62 bits per heavy atom. The van der Waals surface area contributed by atoms with Gasteiger partial charge in [-0.15, -0.1) is 0 Å². The highest BCUT2D eigenvalue weighted by Gasteiger charge is 2.38. The minimum absolute atomic E-state index is 0.115. The second-order valence-corrected chi connectivity index (χ2v) is 5.79. The maximum absolute atomic E-state index is 12.3. The van der Waals surface area contributed by atoms with E-state index in [1.54, 1.807) is 19.1 Å². The Morgan fingerprint density at radius 1 is 1.00 bits per heavy atom. The molecule has 5 heteroatoms. The summed E-state index contributed by atoms with van der Waals surface area (Å²) in [6, 6.07) is 15.5. The summed E-state index contributed by atoms with van der Waals surface area (Å²) in [5, 5.41) is 21.7. The van der Waals surface area contributed by atoms with Crippen LogP contribution in [0.2, 0.25) is 0 Å². The molecule has 0 fully saturated rings. The maximum Gasteiger partial charge on any atom is 0.329 e. The van der Waals surface area contributed by atoms with Crippen LogP contribution in [-0.2, 0) is 22.4 Å². The molecule has 0 saturated carbocycles. The van der Waals surface area contributed by atoms with Crippen LogP contribution in [0, 0.1) is 0 Å². The summed E-state index contributed by atoms with van der Waals surface area (Å²) < 4.78 is 0. The van der Waals surface area contributed by atoms with Gasteiger partial charge in [-0.2, -0.15) is 0 Å². The van der Waals surface area contributed by atoms with Gasteiger partial charge in [0.25, 0.3) is 0 Å². The lowest BCUT2D eigenvalue weighted by molar-refractivity contribution is -0.147. The van der Waals surface area contributed by atoms with Gasteiger partial charge in [-0.05, 0) is 29.7 Å². The lowest BCUT2D eigenvalue weighted by atomic mass is 9.87. The molecule has 2 rings (SSSR count). The molecule has 2 aromatic carbocycles. The zero-order valence-electron chi connectivity index (χ0n) is 13.5. The van der Waals surface area contributed by atoms with E-state index in [0.29, 0.717) is 0 Å². The number of phenolic OH excluding ortho intramolecular Hbond substituents is 1. The minimum atomic E-state index is -1.37. The highest BCUT2D eigenvalue weighted by molar-refractivity contribution is 5.88. The van der Waals surface area contributed by atoms with Crippen molar-refractivity contribution in [3.05, 3.63) is 65.7 Å². The summed E-state index contributed by atoms with van der Waals surface area (Å²) >= 11 is 0. The molecule has 0 aliphatic carbocycles. The van der Waals surface area contributed by atoms with Gasteiger partial charge in [0.05, 0.1) is 6.42 Å². The van der Waals surface area contributed by atoms with Crippen LogP contribution >= 0.6 is 0 Å². The molecule has 0 saturated heterocycles. The van der Waals surface area contributed by atoms with Crippen molar-refractivity contribution in [1.82, 2.24) is 5.32 Å². The van der Waals surface area contributed by atoms with Gasteiger partial charge in [0.15, 0.2) is 0 Å². The third kappa shape index (κ3) is 4.35. The van der Waals surface area contributed by atoms with Crippen molar-refractivity contribution in [3.63, 3.8) is 0 Å². The Hall–Kier alpha value is -2.82. The molecule has 1 atom stereocenters. The Balaban J connectivity index is 2.16. The van der Waals surface area contributed by atoms with Crippen molar-refractivity contribution in [1.29, 1.82) is 0 Å². The van der Waals surface area contributed by atoms with Crippen molar-refractivity contribution in [3.8, 4) is 5.75 Å². The van der Waals surface area contributed by atoms with Gasteiger partial charge in [0.2, 0.25) is 5.91 Å². The highest BCUT2D eigenvalue weighted by Crippen LogP contribution is 2.20. The fourth-order valence-electron chi connectivity index (χ4n) is 2.59. The fraction of sp³-hybridized carbons (Fsp3) is 0.263. The third-order valence-corrected chi connectivity index (χ3v) is 4.04. The zero-order chi connectivity index (χ0) is 17.6.